The van der Waals surface area contributed by atoms with Gasteiger partial charge in [0.25, 0.3) is 0 Å². The highest BCUT2D eigenvalue weighted by Crippen LogP contribution is 2.39. The molecule has 1 N–H and O–H groups in total. The van der Waals surface area contributed by atoms with Gasteiger partial charge in [0.15, 0.2) is 11.5 Å². The first-order valence-electron chi connectivity index (χ1n) is 5.34. The van der Waals surface area contributed by atoms with Gasteiger partial charge in [0.1, 0.15) is 0 Å². The molecule has 0 aliphatic carbocycles. The molecular formula is C12H13NO4. The van der Waals surface area contributed by atoms with Gasteiger partial charge in [-0.15, -0.1) is 0 Å². The van der Waals surface area contributed by atoms with E-state index in [1.54, 1.807) is 6.07 Å². The van der Waals surface area contributed by atoms with E-state index in [2.05, 4.69) is 5.32 Å². The van der Waals surface area contributed by atoms with Gasteiger partial charge < -0.3 is 14.8 Å². The van der Waals surface area contributed by atoms with Gasteiger partial charge in [-0.05, 0) is 18.6 Å². The molecule has 5 heteroatoms. The van der Waals surface area contributed by atoms with Gasteiger partial charge >= 0.3 is 11.9 Å². The summed E-state index contributed by atoms with van der Waals surface area (Å²) in [5.41, 5.74) is 1.79. The molecule has 1 aromatic carbocycles. The van der Waals surface area contributed by atoms with Crippen molar-refractivity contribution in [1.82, 2.24) is 0 Å². The summed E-state index contributed by atoms with van der Waals surface area (Å²) in [5, 5.41) is 3.16. The van der Waals surface area contributed by atoms with Crippen molar-refractivity contribution < 1.29 is 19.1 Å². The summed E-state index contributed by atoms with van der Waals surface area (Å²) >= 11 is 0. The Hall–Kier alpha value is -2.04. The topological polar surface area (TPSA) is 64.6 Å². The molecule has 90 valence electrons. The maximum Gasteiger partial charge on any atom is 0.308 e. The number of carbonyl (C=O) groups excluding carboxylic acids is 2. The molecule has 2 rings (SSSR count). The Morgan fingerprint density at radius 2 is 1.88 bits per heavy atom. The first kappa shape index (κ1) is 11.4. The van der Waals surface area contributed by atoms with Crippen molar-refractivity contribution in [3.05, 3.63) is 17.7 Å². The zero-order valence-corrected chi connectivity index (χ0v) is 9.70. The number of rotatable bonds is 2. The minimum Gasteiger partial charge on any atom is -0.423 e. The molecule has 1 aliphatic rings. The van der Waals surface area contributed by atoms with Crippen LogP contribution in [0.1, 0.15) is 19.4 Å². The molecule has 0 aromatic heterocycles. The van der Waals surface area contributed by atoms with E-state index in [0.29, 0.717) is 5.75 Å². The van der Waals surface area contributed by atoms with Crippen LogP contribution in [0.5, 0.6) is 11.5 Å². The fourth-order valence-corrected chi connectivity index (χ4v) is 1.83. The molecule has 0 saturated carbocycles. The minimum atomic E-state index is -0.440. The number of anilines is 1. The lowest BCUT2D eigenvalue weighted by atomic mass is 10.1. The molecule has 1 aromatic rings. The average molecular weight is 235 g/mol. The summed E-state index contributed by atoms with van der Waals surface area (Å²) < 4.78 is 10.2. The van der Waals surface area contributed by atoms with Gasteiger partial charge in [0.05, 0.1) is 0 Å². The van der Waals surface area contributed by atoms with Gasteiger partial charge in [-0.25, -0.2) is 0 Å². The van der Waals surface area contributed by atoms with Gasteiger partial charge in [0.2, 0.25) is 0 Å². The lowest BCUT2D eigenvalue weighted by molar-refractivity contribution is -0.134. The second-order valence-corrected chi connectivity index (χ2v) is 3.78. The monoisotopic (exact) mass is 235 g/mol. The van der Waals surface area contributed by atoms with Crippen LogP contribution < -0.4 is 14.8 Å². The van der Waals surface area contributed by atoms with Crippen LogP contribution >= 0.6 is 0 Å². The molecule has 0 fully saturated rings. The maximum atomic E-state index is 11.1. The molecule has 0 amide bonds. The molecule has 1 aliphatic heterocycles. The lowest BCUT2D eigenvalue weighted by Gasteiger charge is -2.12. The number of hydrogen-bond donors (Lipinski definition) is 1. The number of fused-ring (bicyclic) bond motifs is 1. The fraction of sp³-hybridized carbons (Fsp3) is 0.333. The Bertz CT molecular complexity index is 482. The highest BCUT2D eigenvalue weighted by atomic mass is 16.6. The summed E-state index contributed by atoms with van der Waals surface area (Å²) in [6.45, 7) is 3.41. The van der Waals surface area contributed by atoms with E-state index < -0.39 is 11.9 Å². The van der Waals surface area contributed by atoms with Crippen molar-refractivity contribution in [3.63, 3.8) is 0 Å². The number of esters is 2. The lowest BCUT2D eigenvalue weighted by Crippen LogP contribution is -2.08. The van der Waals surface area contributed by atoms with Gasteiger partial charge in [0, 0.05) is 31.6 Å². The smallest absolute Gasteiger partial charge is 0.308 e. The Balaban J connectivity index is 2.44. The molecular weight excluding hydrogens is 222 g/mol. The van der Waals surface area contributed by atoms with Crippen LogP contribution in [0.4, 0.5) is 5.69 Å². The zero-order valence-electron chi connectivity index (χ0n) is 9.70. The predicted molar refractivity (Wildman–Crippen MR) is 61.3 cm³/mol. The van der Waals surface area contributed by atoms with Crippen LogP contribution in [0.15, 0.2) is 12.1 Å². The van der Waals surface area contributed by atoms with Crippen molar-refractivity contribution in [1.29, 1.82) is 0 Å². The van der Waals surface area contributed by atoms with Gasteiger partial charge in [-0.3, -0.25) is 9.59 Å². The van der Waals surface area contributed by atoms with Crippen molar-refractivity contribution >= 4 is 17.6 Å². The average Bonchev–Trinajstić information content (AvgIpc) is 2.68. The Labute approximate surface area is 98.7 Å². The van der Waals surface area contributed by atoms with E-state index in [1.165, 1.54) is 13.8 Å². The first-order chi connectivity index (χ1) is 8.08. The Kier molecular flexibility index (Phi) is 2.99. The highest BCUT2D eigenvalue weighted by molar-refractivity contribution is 5.77. The third kappa shape index (κ3) is 2.38. The van der Waals surface area contributed by atoms with E-state index in [1.807, 2.05) is 6.07 Å². The summed E-state index contributed by atoms with van der Waals surface area (Å²) in [6, 6.07) is 3.43. The number of nitrogens with one attached hydrogen (secondary N) is 1. The zero-order chi connectivity index (χ0) is 12.4. The Morgan fingerprint density at radius 1 is 1.18 bits per heavy atom. The second kappa shape index (κ2) is 4.45. The standard InChI is InChI=1S/C12H13NO4/c1-7(14)16-11-4-3-10-9(5-6-13-10)12(11)17-8(2)15/h3-4,13H,5-6H2,1-2H3. The summed E-state index contributed by atoms with van der Waals surface area (Å²) in [4.78, 5) is 22.0. The molecule has 0 atom stereocenters. The normalized spacial score (nSPS) is 12.6. The number of hydrogen-bond acceptors (Lipinski definition) is 5. The highest BCUT2D eigenvalue weighted by Gasteiger charge is 2.21. The number of ether oxygens (including phenoxy) is 2. The molecule has 0 radical (unpaired) electrons. The van der Waals surface area contributed by atoms with Crippen LogP contribution in [0.2, 0.25) is 0 Å². The molecule has 17 heavy (non-hydrogen) atoms. The quantitative estimate of drug-likeness (QED) is 0.621. The van der Waals surface area contributed by atoms with Crippen LogP contribution in [-0.4, -0.2) is 18.5 Å². The van der Waals surface area contributed by atoms with E-state index in [9.17, 15) is 9.59 Å². The Morgan fingerprint density at radius 3 is 2.53 bits per heavy atom. The molecule has 0 spiro atoms. The van der Waals surface area contributed by atoms with Crippen molar-refractivity contribution in [2.45, 2.75) is 20.3 Å². The summed E-state index contributed by atoms with van der Waals surface area (Å²) in [5.74, 6) is -0.242. The van der Waals surface area contributed by atoms with Crippen molar-refractivity contribution in [3.8, 4) is 11.5 Å². The molecule has 0 unspecified atom stereocenters. The predicted octanol–water partition coefficient (Wildman–Crippen LogP) is 1.51. The van der Waals surface area contributed by atoms with E-state index >= 15 is 0 Å². The van der Waals surface area contributed by atoms with E-state index in [-0.39, 0.29) is 5.75 Å². The van der Waals surface area contributed by atoms with Crippen molar-refractivity contribution in [2.75, 3.05) is 11.9 Å². The third-order valence-corrected chi connectivity index (χ3v) is 2.41. The third-order valence-electron chi connectivity index (χ3n) is 2.41. The van der Waals surface area contributed by atoms with Gasteiger partial charge in [-0.2, -0.15) is 0 Å². The SMILES string of the molecule is CC(=O)Oc1ccc2c(c1OC(C)=O)CCN2. The molecule has 5 nitrogen and oxygen atoms in total. The largest absolute Gasteiger partial charge is 0.423 e. The molecule has 1 heterocycles. The summed E-state index contributed by atoms with van der Waals surface area (Å²) in [7, 11) is 0. The number of carbonyl (C=O) groups is 2. The maximum absolute atomic E-state index is 11.1. The van der Waals surface area contributed by atoms with Crippen LogP contribution in [-0.2, 0) is 16.0 Å². The summed E-state index contributed by atoms with van der Waals surface area (Å²) in [6.07, 6.45) is 0.743. The fourth-order valence-electron chi connectivity index (χ4n) is 1.83. The van der Waals surface area contributed by atoms with Gasteiger partial charge in [-0.1, -0.05) is 0 Å². The van der Waals surface area contributed by atoms with E-state index in [4.69, 9.17) is 9.47 Å². The second-order valence-electron chi connectivity index (χ2n) is 3.78. The number of benzene rings is 1. The van der Waals surface area contributed by atoms with Crippen molar-refractivity contribution in [2.24, 2.45) is 0 Å². The van der Waals surface area contributed by atoms with Crippen LogP contribution in [0, 0.1) is 0 Å². The molecule has 0 saturated heterocycles. The first-order valence-corrected chi connectivity index (χ1v) is 5.34. The molecule has 0 bridgehead atoms. The van der Waals surface area contributed by atoms with Crippen LogP contribution in [0.3, 0.4) is 0 Å². The minimum absolute atomic E-state index is 0.287. The van der Waals surface area contributed by atoms with Crippen LogP contribution in [0.25, 0.3) is 0 Å². The van der Waals surface area contributed by atoms with E-state index in [0.717, 1.165) is 24.2 Å².